The van der Waals surface area contributed by atoms with Crippen molar-refractivity contribution in [2.75, 3.05) is 6.54 Å². The molecule has 0 unspecified atom stereocenters. The first-order valence-corrected chi connectivity index (χ1v) is 5.97. The highest BCUT2D eigenvalue weighted by Gasteiger charge is 2.20. The Kier molecular flexibility index (Phi) is 4.23. The van der Waals surface area contributed by atoms with E-state index in [1.54, 1.807) is 0 Å². The number of carbonyl (C=O) groups is 2. The van der Waals surface area contributed by atoms with Crippen molar-refractivity contribution in [3.63, 3.8) is 0 Å². The zero-order valence-electron chi connectivity index (χ0n) is 7.01. The van der Waals surface area contributed by atoms with Gasteiger partial charge in [-0.1, -0.05) is 0 Å². The van der Waals surface area contributed by atoms with E-state index < -0.39 is 24.2 Å². The van der Waals surface area contributed by atoms with Crippen molar-refractivity contribution >= 4 is 55.1 Å². The van der Waals surface area contributed by atoms with Crippen LogP contribution in [0.2, 0.25) is 0 Å². The lowest BCUT2D eigenvalue weighted by atomic mass is 10.4. The number of carboxylic acids is 1. The molecule has 0 aliphatic heterocycles. The number of carboxylic acid groups (broad SMARTS) is 1. The molecule has 0 aliphatic rings. The van der Waals surface area contributed by atoms with Gasteiger partial charge >= 0.3 is 5.97 Å². The minimum Gasteiger partial charge on any atom is -0.480 e. The molecule has 0 saturated heterocycles. The SMILES string of the molecule is O=C(O)CNC(=O)c1sc(Br)c(Br)c1F. The molecule has 82 valence electrons. The van der Waals surface area contributed by atoms with Gasteiger partial charge in [0.2, 0.25) is 0 Å². The number of amides is 1. The van der Waals surface area contributed by atoms with E-state index in [0.29, 0.717) is 3.79 Å². The van der Waals surface area contributed by atoms with E-state index in [1.807, 2.05) is 0 Å². The van der Waals surface area contributed by atoms with Crippen LogP contribution in [0, 0.1) is 5.82 Å². The summed E-state index contributed by atoms with van der Waals surface area (Å²) in [7, 11) is 0. The van der Waals surface area contributed by atoms with Crippen LogP contribution >= 0.6 is 43.2 Å². The Morgan fingerprint density at radius 1 is 1.47 bits per heavy atom. The minimum absolute atomic E-state index is 0.157. The smallest absolute Gasteiger partial charge is 0.322 e. The van der Waals surface area contributed by atoms with Crippen LogP contribution in [-0.2, 0) is 4.79 Å². The number of thiophene rings is 1. The van der Waals surface area contributed by atoms with Gasteiger partial charge < -0.3 is 10.4 Å². The summed E-state index contributed by atoms with van der Waals surface area (Å²) in [6.07, 6.45) is 0. The van der Waals surface area contributed by atoms with Crippen molar-refractivity contribution in [2.24, 2.45) is 0 Å². The van der Waals surface area contributed by atoms with Gasteiger partial charge in [-0.05, 0) is 31.9 Å². The largest absolute Gasteiger partial charge is 0.480 e. The Morgan fingerprint density at radius 2 is 2.07 bits per heavy atom. The maximum atomic E-state index is 13.3. The molecule has 0 bridgehead atoms. The Labute approximate surface area is 105 Å². The van der Waals surface area contributed by atoms with E-state index in [4.69, 9.17) is 5.11 Å². The topological polar surface area (TPSA) is 66.4 Å². The van der Waals surface area contributed by atoms with Crippen LogP contribution in [0.1, 0.15) is 9.67 Å². The number of carbonyl (C=O) groups excluding carboxylic acids is 1. The first-order valence-electron chi connectivity index (χ1n) is 3.56. The normalized spacial score (nSPS) is 10.1. The van der Waals surface area contributed by atoms with Gasteiger partial charge in [0.1, 0.15) is 11.4 Å². The molecule has 0 aromatic carbocycles. The van der Waals surface area contributed by atoms with Crippen molar-refractivity contribution in [1.29, 1.82) is 0 Å². The molecule has 1 aromatic rings. The maximum Gasteiger partial charge on any atom is 0.322 e. The molecule has 1 amide bonds. The number of rotatable bonds is 3. The highest BCUT2D eigenvalue weighted by molar-refractivity contribution is 9.13. The molecule has 1 heterocycles. The second-order valence-corrected chi connectivity index (χ2v) is 5.54. The first kappa shape index (κ1) is 12.6. The molecule has 0 saturated carbocycles. The summed E-state index contributed by atoms with van der Waals surface area (Å²) in [5.41, 5.74) is 0. The molecule has 0 atom stereocenters. The van der Waals surface area contributed by atoms with Gasteiger partial charge in [0.25, 0.3) is 5.91 Å². The number of halogens is 3. The summed E-state index contributed by atoms with van der Waals surface area (Å²) in [5.74, 6) is -2.63. The van der Waals surface area contributed by atoms with Crippen molar-refractivity contribution in [2.45, 2.75) is 0 Å². The highest BCUT2D eigenvalue weighted by Crippen LogP contribution is 2.35. The summed E-state index contributed by atoms with van der Waals surface area (Å²) in [6.45, 7) is -0.536. The minimum atomic E-state index is -1.18. The van der Waals surface area contributed by atoms with E-state index >= 15 is 0 Å². The van der Waals surface area contributed by atoms with Crippen molar-refractivity contribution in [3.8, 4) is 0 Å². The molecule has 1 aromatic heterocycles. The summed E-state index contributed by atoms with van der Waals surface area (Å²) in [4.78, 5) is 21.3. The first-order chi connectivity index (χ1) is 6.93. The van der Waals surface area contributed by atoms with Gasteiger partial charge in [0.05, 0.1) is 8.26 Å². The zero-order chi connectivity index (χ0) is 11.6. The Bertz CT molecular complexity index is 421. The predicted molar refractivity (Wildman–Crippen MR) is 59.6 cm³/mol. The molecule has 0 aliphatic carbocycles. The lowest BCUT2D eigenvalue weighted by molar-refractivity contribution is -0.135. The molecule has 4 nitrogen and oxygen atoms in total. The highest BCUT2D eigenvalue weighted by atomic mass is 79.9. The third kappa shape index (κ3) is 2.99. The van der Waals surface area contributed by atoms with Crippen LogP contribution in [0.15, 0.2) is 8.26 Å². The fourth-order valence-electron chi connectivity index (χ4n) is 0.747. The van der Waals surface area contributed by atoms with Gasteiger partial charge in [0.15, 0.2) is 5.82 Å². The van der Waals surface area contributed by atoms with Crippen LogP contribution in [0.25, 0.3) is 0 Å². The van der Waals surface area contributed by atoms with E-state index in [-0.39, 0.29) is 9.35 Å². The lowest BCUT2D eigenvalue weighted by Crippen LogP contribution is -2.29. The van der Waals surface area contributed by atoms with Gasteiger partial charge in [-0.3, -0.25) is 9.59 Å². The fraction of sp³-hybridized carbons (Fsp3) is 0.143. The zero-order valence-corrected chi connectivity index (χ0v) is 11.0. The summed E-state index contributed by atoms with van der Waals surface area (Å²) in [6, 6.07) is 0. The Morgan fingerprint density at radius 3 is 2.47 bits per heavy atom. The lowest BCUT2D eigenvalue weighted by Gasteiger charge is -1.98. The summed E-state index contributed by atoms with van der Waals surface area (Å²) >= 11 is 6.88. The van der Waals surface area contributed by atoms with Crippen LogP contribution in [0.3, 0.4) is 0 Å². The van der Waals surface area contributed by atoms with Crippen LogP contribution < -0.4 is 5.32 Å². The molecule has 0 spiro atoms. The van der Waals surface area contributed by atoms with Gasteiger partial charge in [0, 0.05) is 0 Å². The van der Waals surface area contributed by atoms with Gasteiger partial charge in [-0.15, -0.1) is 11.3 Å². The number of hydrogen-bond acceptors (Lipinski definition) is 3. The van der Waals surface area contributed by atoms with Crippen LogP contribution in [0.4, 0.5) is 4.39 Å². The second kappa shape index (κ2) is 5.04. The van der Waals surface area contributed by atoms with Crippen LogP contribution in [0.5, 0.6) is 0 Å². The molecular weight excluding hydrogens is 357 g/mol. The second-order valence-electron chi connectivity index (χ2n) is 2.41. The molecular formula is C7H4Br2FNO3S. The monoisotopic (exact) mass is 359 g/mol. The van der Waals surface area contributed by atoms with E-state index in [9.17, 15) is 14.0 Å². The fourth-order valence-corrected chi connectivity index (χ4v) is 2.69. The van der Waals surface area contributed by atoms with Crippen molar-refractivity contribution < 1.29 is 19.1 Å². The number of hydrogen-bond donors (Lipinski definition) is 2. The summed E-state index contributed by atoms with van der Waals surface area (Å²) < 4.78 is 13.9. The molecule has 15 heavy (non-hydrogen) atoms. The van der Waals surface area contributed by atoms with Crippen molar-refractivity contribution in [3.05, 3.63) is 19.0 Å². The van der Waals surface area contributed by atoms with Crippen LogP contribution in [-0.4, -0.2) is 23.5 Å². The maximum absolute atomic E-state index is 13.3. The van der Waals surface area contributed by atoms with Gasteiger partial charge in [-0.2, -0.15) is 0 Å². The summed E-state index contributed by atoms with van der Waals surface area (Å²) in [5, 5.41) is 10.4. The van der Waals surface area contributed by atoms with Crippen molar-refractivity contribution in [1.82, 2.24) is 5.32 Å². The quantitative estimate of drug-likeness (QED) is 0.868. The third-order valence-corrected chi connectivity index (χ3v) is 4.74. The molecule has 0 fully saturated rings. The molecule has 0 radical (unpaired) electrons. The van der Waals surface area contributed by atoms with E-state index in [2.05, 4.69) is 37.2 Å². The number of aliphatic carboxylic acids is 1. The molecule has 8 heteroatoms. The van der Waals surface area contributed by atoms with E-state index in [0.717, 1.165) is 11.3 Å². The average Bonchev–Trinajstić information content (AvgIpc) is 2.42. The standard InChI is InChI=1S/C7H4Br2FNO3S/c8-3-4(10)5(15-6(3)9)7(14)11-1-2(12)13/h1H2,(H,11,14)(H,12,13). The third-order valence-electron chi connectivity index (χ3n) is 1.36. The Hall–Kier alpha value is -0.470. The van der Waals surface area contributed by atoms with Gasteiger partial charge in [-0.25, -0.2) is 4.39 Å². The number of nitrogens with one attached hydrogen (secondary N) is 1. The van der Waals surface area contributed by atoms with E-state index in [1.165, 1.54) is 0 Å². The average molecular weight is 361 g/mol. The Balaban J connectivity index is 2.83. The molecule has 2 N–H and O–H groups in total. The molecule has 1 rings (SSSR count). The predicted octanol–water partition coefficient (Wildman–Crippen LogP) is 2.23.